The van der Waals surface area contributed by atoms with Crippen LogP contribution >= 0.6 is 30.8 Å². The molecule has 29 heteroatoms. The summed E-state index contributed by atoms with van der Waals surface area (Å²) in [5, 5.41) is 8.12. The first kappa shape index (κ1) is 56.5. The van der Waals surface area contributed by atoms with Crippen LogP contribution in [0.1, 0.15) is 65.7 Å². The standard InChI is InChI=1S/C40H77N9O16P4/c1-40(2,3)66(51,41-37-44(4)17-18-45(37)5)63-31-14-25-56-34(31)28-60-67(52,42-38-46(6)19-20-47(38)7)64-32-15-26-57-35(32)29-61-68(53,43-39-48(8)21-22-49(39)9)65-33-16-27-58-36(33)30-62-69(54,55)59-24-13-11-10-12-23-50/h31-36,50H,10-30H2,1-9H3,(H,54,55)/t31-,32-,33-,34-,35-,36-,66?,67?,68?/m1/s1. The van der Waals surface area contributed by atoms with Gasteiger partial charge >= 0.3 is 30.8 Å². The summed E-state index contributed by atoms with van der Waals surface area (Å²) in [5.41, 5.74) is 0. The van der Waals surface area contributed by atoms with Crippen LogP contribution in [-0.2, 0) is 64.1 Å². The minimum atomic E-state index is -4.46. The maximum Gasteiger partial charge on any atom is 0.472 e. The van der Waals surface area contributed by atoms with E-state index in [1.165, 1.54) is 0 Å². The van der Waals surface area contributed by atoms with Gasteiger partial charge in [-0.05, 0) is 33.6 Å². The van der Waals surface area contributed by atoms with Crippen LogP contribution in [0.5, 0.6) is 0 Å². The quantitative estimate of drug-likeness (QED) is 0.0962. The first-order chi connectivity index (χ1) is 32.5. The van der Waals surface area contributed by atoms with Crippen LogP contribution in [0.25, 0.3) is 0 Å². The molecule has 6 heterocycles. The monoisotopic (exact) mass is 1060 g/mol. The fourth-order valence-electron chi connectivity index (χ4n) is 8.19. The van der Waals surface area contributed by atoms with Gasteiger partial charge in [0.15, 0.2) is 0 Å². The molecule has 6 saturated heterocycles. The maximum absolute atomic E-state index is 15.0. The van der Waals surface area contributed by atoms with Gasteiger partial charge < -0.3 is 58.1 Å². The minimum absolute atomic E-state index is 0.0112. The third-order valence-electron chi connectivity index (χ3n) is 12.6. The molecule has 0 aromatic carbocycles. The lowest BCUT2D eigenvalue weighted by Crippen LogP contribution is -2.34. The fourth-order valence-corrected chi connectivity index (χ4v) is 14.0. The number of aliphatic hydroxyl groups is 1. The summed E-state index contributed by atoms with van der Waals surface area (Å²) >= 11 is 0. The van der Waals surface area contributed by atoms with Gasteiger partial charge in [-0.3, -0.25) is 31.7 Å². The van der Waals surface area contributed by atoms with Crippen molar-refractivity contribution in [3.05, 3.63) is 0 Å². The SMILES string of the molecule is CN1CCN(C)C1=NP(=O)(OC[C@H]1OCC[C@H]1OP(=O)(N=C1N(C)CCN1C)OC[C@H]1OCC[C@H]1OP(=O)(N=C1N(C)CCN1C)C(C)(C)C)O[C@@H]1CCO[C@@H]1COP(=O)(O)OCCCCCCO. The summed E-state index contributed by atoms with van der Waals surface area (Å²) in [6.45, 7) is 9.05. The van der Waals surface area contributed by atoms with Gasteiger partial charge in [0.25, 0.3) is 0 Å². The fraction of sp³-hybridized carbons (Fsp3) is 0.925. The zero-order chi connectivity index (χ0) is 50.2. The van der Waals surface area contributed by atoms with Crippen LogP contribution in [0.3, 0.4) is 0 Å². The molecule has 0 saturated carbocycles. The summed E-state index contributed by atoms with van der Waals surface area (Å²) in [6, 6.07) is 0. The Hall–Kier alpha value is -1.75. The largest absolute Gasteiger partial charge is 0.472 e. The topological polar surface area (TPSA) is 258 Å². The van der Waals surface area contributed by atoms with Gasteiger partial charge in [0, 0.05) is 127 Å². The van der Waals surface area contributed by atoms with E-state index in [9.17, 15) is 18.6 Å². The minimum Gasteiger partial charge on any atom is -0.396 e. The molecule has 6 aliphatic heterocycles. The van der Waals surface area contributed by atoms with Crippen molar-refractivity contribution in [2.75, 3.05) is 134 Å². The number of unbranched alkanes of at least 4 members (excludes halogenated alkanes) is 3. The highest BCUT2D eigenvalue weighted by atomic mass is 31.2. The number of hydrogen-bond acceptors (Lipinski definition) is 15. The molecule has 69 heavy (non-hydrogen) atoms. The van der Waals surface area contributed by atoms with Gasteiger partial charge in [-0.15, -0.1) is 9.53 Å². The lowest BCUT2D eigenvalue weighted by atomic mass is 10.2. The van der Waals surface area contributed by atoms with E-state index in [4.69, 9.17) is 55.7 Å². The van der Waals surface area contributed by atoms with Crippen molar-refractivity contribution in [2.24, 2.45) is 14.3 Å². The van der Waals surface area contributed by atoms with Crippen LogP contribution in [0.2, 0.25) is 0 Å². The molecule has 0 radical (unpaired) electrons. The Balaban J connectivity index is 1.15. The Kier molecular flexibility index (Phi) is 20.1. The van der Waals surface area contributed by atoms with Crippen LogP contribution < -0.4 is 0 Å². The van der Waals surface area contributed by atoms with Crippen molar-refractivity contribution in [3.63, 3.8) is 0 Å². The Morgan fingerprint density at radius 3 is 1.29 bits per heavy atom. The van der Waals surface area contributed by atoms with Crippen molar-refractivity contribution in [1.29, 1.82) is 0 Å². The predicted octanol–water partition coefficient (Wildman–Crippen LogP) is 4.14. The van der Waals surface area contributed by atoms with Crippen LogP contribution in [0.4, 0.5) is 0 Å². The van der Waals surface area contributed by atoms with E-state index in [0.29, 0.717) is 69.7 Å². The summed E-state index contributed by atoms with van der Waals surface area (Å²) < 4.78 is 131. The molecule has 0 aromatic heterocycles. The number of phosphoric acid groups is 1. The third-order valence-corrected chi connectivity index (χ3v) is 19.2. The summed E-state index contributed by atoms with van der Waals surface area (Å²) in [7, 11) is -6.00. The van der Waals surface area contributed by atoms with Gasteiger partial charge in [0.1, 0.15) is 18.3 Å². The maximum atomic E-state index is 15.0. The molecule has 6 fully saturated rings. The van der Waals surface area contributed by atoms with E-state index in [1.54, 1.807) is 14.1 Å². The number of ether oxygens (including phenoxy) is 3. The van der Waals surface area contributed by atoms with Crippen molar-refractivity contribution in [1.82, 2.24) is 29.4 Å². The highest BCUT2D eigenvalue weighted by molar-refractivity contribution is 7.59. The smallest absolute Gasteiger partial charge is 0.396 e. The Morgan fingerprint density at radius 2 is 0.899 bits per heavy atom. The van der Waals surface area contributed by atoms with Crippen LogP contribution in [0, 0.1) is 0 Å². The van der Waals surface area contributed by atoms with Crippen molar-refractivity contribution in [3.8, 4) is 0 Å². The average Bonchev–Trinajstić information content (AvgIpc) is 4.17. The number of phosphoric ester groups is 1. The number of aliphatic hydroxyl groups excluding tert-OH is 1. The zero-order valence-corrected chi connectivity index (χ0v) is 45.3. The van der Waals surface area contributed by atoms with Crippen LogP contribution in [0.15, 0.2) is 14.3 Å². The van der Waals surface area contributed by atoms with E-state index in [0.717, 1.165) is 19.5 Å². The van der Waals surface area contributed by atoms with E-state index in [2.05, 4.69) is 9.53 Å². The molecule has 398 valence electrons. The molecule has 0 spiro atoms. The molecule has 25 nitrogen and oxygen atoms in total. The Morgan fingerprint density at radius 1 is 0.536 bits per heavy atom. The molecule has 0 aliphatic carbocycles. The molecule has 6 rings (SSSR count). The molecule has 4 unspecified atom stereocenters. The second-order valence-corrected chi connectivity index (χ2v) is 26.7. The highest BCUT2D eigenvalue weighted by Crippen LogP contribution is 2.63. The molecular formula is C40H77N9O16P4. The zero-order valence-electron chi connectivity index (χ0n) is 41.7. The Labute approximate surface area is 407 Å². The van der Waals surface area contributed by atoms with E-state index in [1.807, 2.05) is 78.4 Å². The highest BCUT2D eigenvalue weighted by Gasteiger charge is 2.48. The van der Waals surface area contributed by atoms with Gasteiger partial charge in [0.2, 0.25) is 17.9 Å². The van der Waals surface area contributed by atoms with Gasteiger partial charge in [-0.25, -0.2) is 13.7 Å². The van der Waals surface area contributed by atoms with Crippen molar-refractivity contribution < 1.29 is 74.1 Å². The second kappa shape index (κ2) is 24.5. The van der Waals surface area contributed by atoms with Gasteiger partial charge in [0.05, 0.1) is 49.9 Å². The summed E-state index contributed by atoms with van der Waals surface area (Å²) in [5.74, 6) is 1.32. The average molecular weight is 1060 g/mol. The van der Waals surface area contributed by atoms with Crippen molar-refractivity contribution in [2.45, 2.75) is 107 Å². The lowest BCUT2D eigenvalue weighted by Gasteiger charge is -2.32. The first-order valence-electron chi connectivity index (χ1n) is 23.8. The van der Waals surface area contributed by atoms with Gasteiger partial charge in [-0.1, -0.05) is 12.8 Å². The Bertz CT molecular complexity index is 1970. The van der Waals surface area contributed by atoms with E-state index >= 15 is 4.57 Å². The van der Waals surface area contributed by atoms with Crippen molar-refractivity contribution >= 4 is 48.7 Å². The lowest BCUT2D eigenvalue weighted by molar-refractivity contribution is -0.0125. The molecule has 0 aromatic rings. The second-order valence-electron chi connectivity index (χ2n) is 19.2. The predicted molar refractivity (Wildman–Crippen MR) is 258 cm³/mol. The molecule has 6 aliphatic rings. The number of hydrogen-bond donors (Lipinski definition) is 2. The molecule has 10 atom stereocenters. The first-order valence-corrected chi connectivity index (χ1v) is 29.9. The molecule has 0 bridgehead atoms. The van der Waals surface area contributed by atoms with E-state index in [-0.39, 0.29) is 59.1 Å². The number of nitrogens with zero attached hydrogens (tertiary/aromatic N) is 9. The van der Waals surface area contributed by atoms with Crippen LogP contribution in [-0.4, -0.2) is 233 Å². The summed E-state index contributed by atoms with van der Waals surface area (Å²) in [6.07, 6.45) is -1.66. The normalized spacial score (nSPS) is 29.3. The number of rotatable bonds is 25. The molecule has 2 N–H and O–H groups in total. The molecule has 0 amide bonds. The summed E-state index contributed by atoms with van der Waals surface area (Å²) in [4.78, 5) is 21.5. The van der Waals surface area contributed by atoms with Gasteiger partial charge in [-0.2, -0.15) is 4.76 Å². The molecular weight excluding hydrogens is 986 g/mol. The number of likely N-dealkylation sites (N-methyl/N-ethyl adjacent to an activating group) is 6. The third kappa shape index (κ3) is 15.4. The number of guanidine groups is 3. The van der Waals surface area contributed by atoms with E-state index < -0.39 is 79.2 Å².